The summed E-state index contributed by atoms with van der Waals surface area (Å²) < 4.78 is 7.29. The Morgan fingerprint density at radius 2 is 2.25 bits per heavy atom. The van der Waals surface area contributed by atoms with E-state index >= 15 is 0 Å². The summed E-state index contributed by atoms with van der Waals surface area (Å²) >= 11 is 0. The van der Waals surface area contributed by atoms with Crippen molar-refractivity contribution < 1.29 is 4.52 Å². The fraction of sp³-hybridized carbons (Fsp3) is 0.643. The van der Waals surface area contributed by atoms with Crippen molar-refractivity contribution in [1.82, 2.24) is 25.0 Å². The summed E-state index contributed by atoms with van der Waals surface area (Å²) in [4.78, 5) is 8.73. The van der Waals surface area contributed by atoms with Gasteiger partial charge in [-0.2, -0.15) is 4.98 Å². The van der Waals surface area contributed by atoms with Gasteiger partial charge in [0.05, 0.1) is 0 Å². The second-order valence-electron chi connectivity index (χ2n) is 5.52. The molecule has 6 heteroatoms. The minimum absolute atomic E-state index is 0.562. The molecule has 1 aliphatic rings. The van der Waals surface area contributed by atoms with Gasteiger partial charge in [0.25, 0.3) is 0 Å². The van der Waals surface area contributed by atoms with Crippen molar-refractivity contribution in [2.24, 2.45) is 13.0 Å². The average molecular weight is 275 g/mol. The molecule has 0 spiro atoms. The Kier molecular flexibility index (Phi) is 3.82. The van der Waals surface area contributed by atoms with Crippen molar-refractivity contribution in [2.45, 2.75) is 38.1 Å². The molecular weight excluding hydrogens is 254 g/mol. The molecule has 0 saturated heterocycles. The Labute approximate surface area is 118 Å². The normalized spacial score (nSPS) is 23.1. The van der Waals surface area contributed by atoms with Crippen LogP contribution in [0.2, 0.25) is 0 Å². The number of hydrogen-bond acceptors (Lipinski definition) is 5. The first kappa shape index (κ1) is 13.3. The van der Waals surface area contributed by atoms with Crippen molar-refractivity contribution in [3.8, 4) is 11.6 Å². The summed E-state index contributed by atoms with van der Waals surface area (Å²) in [5.74, 6) is 2.62. The van der Waals surface area contributed by atoms with Crippen LogP contribution in [0.25, 0.3) is 11.6 Å². The summed E-state index contributed by atoms with van der Waals surface area (Å²) in [7, 11) is 3.96. The van der Waals surface area contributed by atoms with E-state index in [1.165, 1.54) is 25.7 Å². The van der Waals surface area contributed by atoms with Gasteiger partial charge >= 0.3 is 0 Å². The first-order chi connectivity index (χ1) is 9.78. The van der Waals surface area contributed by atoms with Crippen molar-refractivity contribution in [2.75, 3.05) is 7.05 Å². The van der Waals surface area contributed by atoms with Gasteiger partial charge in [-0.15, -0.1) is 0 Å². The monoisotopic (exact) mass is 275 g/mol. The van der Waals surface area contributed by atoms with E-state index in [-0.39, 0.29) is 0 Å². The zero-order valence-corrected chi connectivity index (χ0v) is 12.0. The smallest absolute Gasteiger partial charge is 0.238 e. The van der Waals surface area contributed by atoms with Gasteiger partial charge in [-0.25, -0.2) is 4.98 Å². The quantitative estimate of drug-likeness (QED) is 0.921. The van der Waals surface area contributed by atoms with Crippen molar-refractivity contribution in [3.63, 3.8) is 0 Å². The molecule has 1 N–H and O–H groups in total. The van der Waals surface area contributed by atoms with E-state index in [2.05, 4.69) is 20.4 Å². The van der Waals surface area contributed by atoms with Gasteiger partial charge in [-0.05, 0) is 25.8 Å². The lowest BCUT2D eigenvalue weighted by Crippen LogP contribution is -2.37. The molecule has 20 heavy (non-hydrogen) atoms. The number of aromatic nitrogens is 4. The van der Waals surface area contributed by atoms with Crippen LogP contribution in [0, 0.1) is 5.92 Å². The van der Waals surface area contributed by atoms with E-state index in [1.807, 2.05) is 24.9 Å². The minimum Gasteiger partial charge on any atom is -0.339 e. The highest BCUT2D eigenvalue weighted by Gasteiger charge is 2.26. The summed E-state index contributed by atoms with van der Waals surface area (Å²) in [5, 5.41) is 7.46. The van der Waals surface area contributed by atoms with Crippen molar-refractivity contribution in [3.05, 3.63) is 18.3 Å². The maximum atomic E-state index is 5.40. The predicted molar refractivity (Wildman–Crippen MR) is 75.0 cm³/mol. The standard InChI is InChI=1S/C14H21N5O/c1-15-11-6-4-3-5-10(11)9-12-17-13(18-20-12)14-16-7-8-19(14)2/h7-8,10-11,15H,3-6,9H2,1-2H3. The second kappa shape index (κ2) is 5.75. The largest absolute Gasteiger partial charge is 0.339 e. The van der Waals surface area contributed by atoms with Crippen molar-refractivity contribution >= 4 is 0 Å². The maximum Gasteiger partial charge on any atom is 0.238 e. The van der Waals surface area contributed by atoms with Crippen molar-refractivity contribution in [1.29, 1.82) is 0 Å². The van der Waals surface area contributed by atoms with Crippen LogP contribution in [-0.4, -0.2) is 32.8 Å². The molecule has 2 heterocycles. The number of aryl methyl sites for hydroxylation is 1. The molecule has 0 aromatic carbocycles. The van der Waals surface area contributed by atoms with Gasteiger partial charge in [0, 0.05) is 31.9 Å². The second-order valence-corrected chi connectivity index (χ2v) is 5.52. The molecular formula is C14H21N5O. The van der Waals surface area contributed by atoms with Crippen LogP contribution in [0.3, 0.4) is 0 Å². The molecule has 1 fully saturated rings. The Morgan fingerprint density at radius 1 is 1.40 bits per heavy atom. The molecule has 0 aliphatic heterocycles. The number of nitrogens with zero attached hydrogens (tertiary/aromatic N) is 4. The Bertz CT molecular complexity index is 561. The highest BCUT2D eigenvalue weighted by atomic mass is 16.5. The van der Waals surface area contributed by atoms with Gasteiger partial charge in [-0.3, -0.25) is 0 Å². The topological polar surface area (TPSA) is 68.8 Å². The first-order valence-electron chi connectivity index (χ1n) is 7.25. The van der Waals surface area contributed by atoms with E-state index in [0.29, 0.717) is 17.8 Å². The van der Waals surface area contributed by atoms with E-state index in [1.54, 1.807) is 6.20 Å². The van der Waals surface area contributed by atoms with E-state index in [9.17, 15) is 0 Å². The molecule has 1 aliphatic carbocycles. The number of imidazole rings is 1. The Morgan fingerprint density at radius 3 is 3.00 bits per heavy atom. The Hall–Kier alpha value is -1.69. The summed E-state index contributed by atoms with van der Waals surface area (Å²) in [6.45, 7) is 0. The van der Waals surface area contributed by atoms with Crippen LogP contribution >= 0.6 is 0 Å². The van der Waals surface area contributed by atoms with E-state index < -0.39 is 0 Å². The van der Waals surface area contributed by atoms with Gasteiger partial charge in [0.15, 0.2) is 5.82 Å². The van der Waals surface area contributed by atoms with Crippen LogP contribution in [0.4, 0.5) is 0 Å². The number of hydrogen-bond donors (Lipinski definition) is 1. The molecule has 2 atom stereocenters. The van der Waals surface area contributed by atoms with Crippen LogP contribution in [0.1, 0.15) is 31.6 Å². The SMILES string of the molecule is CNC1CCCCC1Cc1nc(-c2nccn2C)no1. The summed E-state index contributed by atoms with van der Waals surface area (Å²) in [6, 6.07) is 0.562. The molecule has 2 aromatic heterocycles. The molecule has 2 unspecified atom stereocenters. The lowest BCUT2D eigenvalue weighted by molar-refractivity contribution is 0.248. The highest BCUT2D eigenvalue weighted by molar-refractivity contribution is 5.42. The zero-order valence-electron chi connectivity index (χ0n) is 12.0. The van der Waals surface area contributed by atoms with Gasteiger partial charge in [-0.1, -0.05) is 18.0 Å². The van der Waals surface area contributed by atoms with Gasteiger partial charge in [0.1, 0.15) is 0 Å². The van der Waals surface area contributed by atoms with Crippen LogP contribution < -0.4 is 5.32 Å². The number of rotatable bonds is 4. The minimum atomic E-state index is 0.562. The van der Waals surface area contributed by atoms with Crippen LogP contribution in [0.15, 0.2) is 16.9 Å². The lowest BCUT2D eigenvalue weighted by Gasteiger charge is -2.30. The van der Waals surface area contributed by atoms with Gasteiger partial charge in [0.2, 0.25) is 11.7 Å². The predicted octanol–water partition coefficient (Wildman–Crippen LogP) is 1.79. The molecule has 6 nitrogen and oxygen atoms in total. The molecule has 108 valence electrons. The van der Waals surface area contributed by atoms with Gasteiger partial charge < -0.3 is 14.4 Å². The third-order valence-electron chi connectivity index (χ3n) is 4.21. The third-order valence-corrected chi connectivity index (χ3v) is 4.21. The lowest BCUT2D eigenvalue weighted by atomic mass is 9.82. The number of nitrogens with one attached hydrogen (secondary N) is 1. The average Bonchev–Trinajstić information content (AvgIpc) is 3.08. The van der Waals surface area contributed by atoms with E-state index in [0.717, 1.165) is 18.1 Å². The Balaban J connectivity index is 1.72. The van der Waals surface area contributed by atoms with Crippen LogP contribution in [-0.2, 0) is 13.5 Å². The summed E-state index contributed by atoms with van der Waals surface area (Å²) in [6.07, 6.45) is 9.54. The third kappa shape index (κ3) is 2.60. The zero-order chi connectivity index (χ0) is 13.9. The fourth-order valence-corrected chi connectivity index (χ4v) is 3.07. The molecule has 0 amide bonds. The molecule has 0 radical (unpaired) electrons. The highest BCUT2D eigenvalue weighted by Crippen LogP contribution is 2.27. The summed E-state index contributed by atoms with van der Waals surface area (Å²) in [5.41, 5.74) is 0. The first-order valence-corrected chi connectivity index (χ1v) is 7.25. The van der Waals surface area contributed by atoms with Crippen LogP contribution in [0.5, 0.6) is 0 Å². The van der Waals surface area contributed by atoms with E-state index in [4.69, 9.17) is 4.52 Å². The molecule has 3 rings (SSSR count). The molecule has 2 aromatic rings. The fourth-order valence-electron chi connectivity index (χ4n) is 3.07. The maximum absolute atomic E-state index is 5.40. The molecule has 1 saturated carbocycles. The molecule has 0 bridgehead atoms.